The fourth-order valence-electron chi connectivity index (χ4n) is 4.73. The van der Waals surface area contributed by atoms with Gasteiger partial charge in [-0.1, -0.05) is 33.8 Å². The van der Waals surface area contributed by atoms with Gasteiger partial charge in [0, 0.05) is 74.0 Å². The molecule has 0 saturated heterocycles. The molecule has 2 unspecified atom stereocenters. The van der Waals surface area contributed by atoms with Gasteiger partial charge in [-0.25, -0.2) is 0 Å². The number of allylic oxidation sites excluding steroid dienone is 3. The SMILES string of the molecule is COC(OC)C1=CC(C)(C)C(CC2=NC(C(OC)C3=CC(C)(C)C(Cc4ccc[nH]4)=N3)C=C2)=N1. The topological polar surface area (TPSA) is 80.6 Å². The normalized spacial score (nSPS) is 23.6. The third-order valence-electron chi connectivity index (χ3n) is 6.73. The first-order chi connectivity index (χ1) is 16.2. The quantitative estimate of drug-likeness (QED) is 0.510. The van der Waals surface area contributed by atoms with Crippen LogP contribution in [0, 0.1) is 10.8 Å². The molecule has 0 aromatic carbocycles. The Morgan fingerprint density at radius 2 is 1.56 bits per heavy atom. The van der Waals surface area contributed by atoms with Crippen LogP contribution in [-0.4, -0.2) is 61.9 Å². The van der Waals surface area contributed by atoms with E-state index in [9.17, 15) is 0 Å². The van der Waals surface area contributed by atoms with Crippen molar-refractivity contribution in [1.82, 2.24) is 4.98 Å². The molecular weight excluding hydrogens is 428 g/mol. The Bertz CT molecular complexity index is 1080. The van der Waals surface area contributed by atoms with Crippen molar-refractivity contribution in [2.24, 2.45) is 25.8 Å². The van der Waals surface area contributed by atoms with Gasteiger partial charge in [0.25, 0.3) is 0 Å². The summed E-state index contributed by atoms with van der Waals surface area (Å²) in [6, 6.07) is 4.00. The first-order valence-corrected chi connectivity index (χ1v) is 11.7. The first kappa shape index (κ1) is 24.5. The number of aromatic nitrogens is 1. The predicted molar refractivity (Wildman–Crippen MR) is 137 cm³/mol. The van der Waals surface area contributed by atoms with Gasteiger partial charge in [-0.05, 0) is 30.4 Å². The zero-order chi connectivity index (χ0) is 24.5. The van der Waals surface area contributed by atoms with Crippen LogP contribution in [0.15, 0.2) is 69.0 Å². The fourth-order valence-corrected chi connectivity index (χ4v) is 4.73. The number of H-pyrrole nitrogens is 1. The van der Waals surface area contributed by atoms with Gasteiger partial charge in [-0.3, -0.25) is 15.0 Å². The number of hydrogen-bond donors (Lipinski definition) is 1. The molecule has 3 aliphatic heterocycles. The van der Waals surface area contributed by atoms with Crippen LogP contribution < -0.4 is 0 Å². The molecule has 0 spiro atoms. The highest BCUT2D eigenvalue weighted by Gasteiger charge is 2.36. The summed E-state index contributed by atoms with van der Waals surface area (Å²) in [5, 5.41) is 0. The highest BCUT2D eigenvalue weighted by Crippen LogP contribution is 2.36. The van der Waals surface area contributed by atoms with Gasteiger partial charge in [0.1, 0.15) is 12.1 Å². The lowest BCUT2D eigenvalue weighted by atomic mass is 9.85. The summed E-state index contributed by atoms with van der Waals surface area (Å²) >= 11 is 0. The number of aromatic amines is 1. The van der Waals surface area contributed by atoms with Crippen molar-refractivity contribution in [3.63, 3.8) is 0 Å². The van der Waals surface area contributed by atoms with Crippen molar-refractivity contribution in [3.8, 4) is 0 Å². The number of ether oxygens (including phenoxy) is 3. The van der Waals surface area contributed by atoms with Gasteiger partial charge in [0.15, 0.2) is 6.29 Å². The summed E-state index contributed by atoms with van der Waals surface area (Å²) in [5.41, 5.74) is 5.77. The number of hydrogen-bond acceptors (Lipinski definition) is 6. The maximum Gasteiger partial charge on any atom is 0.200 e. The number of methoxy groups -OCH3 is 3. The van der Waals surface area contributed by atoms with E-state index in [-0.39, 0.29) is 23.0 Å². The molecule has 34 heavy (non-hydrogen) atoms. The standard InChI is InChI=1S/C27H36N4O3/c1-26(2)15-20(30-22(26)13-17-9-8-12-28-17)24(32-5)19-11-10-18(29-19)14-23-27(3,4)16-21(31-23)25(33-6)34-7/h8-12,15-16,19,24-25,28H,13-14H2,1-7H3. The zero-order valence-electron chi connectivity index (χ0n) is 21.3. The zero-order valence-corrected chi connectivity index (χ0v) is 21.3. The number of rotatable bonds is 10. The van der Waals surface area contributed by atoms with Crippen molar-refractivity contribution >= 4 is 17.1 Å². The average Bonchev–Trinajstić information content (AvgIpc) is 3.55. The van der Waals surface area contributed by atoms with Crippen LogP contribution in [0.4, 0.5) is 0 Å². The third-order valence-corrected chi connectivity index (χ3v) is 6.73. The molecule has 4 rings (SSSR count). The molecule has 0 saturated carbocycles. The minimum absolute atomic E-state index is 0.112. The van der Waals surface area contributed by atoms with E-state index in [2.05, 4.69) is 63.0 Å². The minimum Gasteiger partial charge on any atom is -0.373 e. The number of aliphatic imine (C=N–C) groups is 3. The van der Waals surface area contributed by atoms with Crippen molar-refractivity contribution in [1.29, 1.82) is 0 Å². The van der Waals surface area contributed by atoms with E-state index in [4.69, 9.17) is 29.2 Å². The van der Waals surface area contributed by atoms with Crippen molar-refractivity contribution < 1.29 is 14.2 Å². The molecular formula is C27H36N4O3. The van der Waals surface area contributed by atoms with Crippen LogP contribution in [0.1, 0.15) is 39.8 Å². The Kier molecular flexibility index (Phi) is 6.90. The van der Waals surface area contributed by atoms with E-state index in [0.717, 1.165) is 40.6 Å². The predicted octanol–water partition coefficient (Wildman–Crippen LogP) is 4.69. The molecule has 0 aliphatic carbocycles. The molecule has 182 valence electrons. The van der Waals surface area contributed by atoms with E-state index >= 15 is 0 Å². The fraction of sp³-hybridized carbons (Fsp3) is 0.519. The summed E-state index contributed by atoms with van der Waals surface area (Å²) in [6.07, 6.45) is 11.2. The van der Waals surface area contributed by atoms with Crippen LogP contribution in [0.5, 0.6) is 0 Å². The van der Waals surface area contributed by atoms with Crippen molar-refractivity contribution in [2.75, 3.05) is 21.3 Å². The molecule has 4 heterocycles. The summed E-state index contributed by atoms with van der Waals surface area (Å²) in [4.78, 5) is 18.1. The molecule has 7 heteroatoms. The van der Waals surface area contributed by atoms with Gasteiger partial charge in [0.05, 0.1) is 11.4 Å². The Morgan fingerprint density at radius 3 is 2.18 bits per heavy atom. The van der Waals surface area contributed by atoms with Crippen molar-refractivity contribution in [3.05, 3.63) is 59.7 Å². The van der Waals surface area contributed by atoms with Crippen LogP contribution in [0.25, 0.3) is 0 Å². The van der Waals surface area contributed by atoms with E-state index in [1.54, 1.807) is 21.3 Å². The van der Waals surface area contributed by atoms with E-state index < -0.39 is 6.29 Å². The Morgan fingerprint density at radius 1 is 0.912 bits per heavy atom. The molecule has 2 atom stereocenters. The summed E-state index contributed by atoms with van der Waals surface area (Å²) in [6.45, 7) is 8.71. The summed E-state index contributed by atoms with van der Waals surface area (Å²) in [7, 11) is 4.98. The molecule has 1 aromatic heterocycles. The molecule has 1 aromatic rings. The Balaban J connectivity index is 1.49. The van der Waals surface area contributed by atoms with Gasteiger partial charge in [0.2, 0.25) is 0 Å². The summed E-state index contributed by atoms with van der Waals surface area (Å²) < 4.78 is 16.7. The molecule has 0 fully saturated rings. The monoisotopic (exact) mass is 464 g/mol. The lowest BCUT2D eigenvalue weighted by Gasteiger charge is -2.20. The molecule has 7 nitrogen and oxygen atoms in total. The van der Waals surface area contributed by atoms with Crippen molar-refractivity contribution in [2.45, 2.75) is 59.0 Å². The Labute approximate surface area is 202 Å². The highest BCUT2D eigenvalue weighted by atomic mass is 16.7. The molecule has 1 N–H and O–H groups in total. The number of nitrogens with zero attached hydrogens (tertiary/aromatic N) is 3. The van der Waals surface area contributed by atoms with Gasteiger partial charge < -0.3 is 19.2 Å². The second-order valence-corrected chi connectivity index (χ2v) is 10.2. The number of nitrogens with one attached hydrogen (secondary N) is 1. The summed E-state index contributed by atoms with van der Waals surface area (Å²) in [5.74, 6) is 0. The molecule has 0 bridgehead atoms. The maximum atomic E-state index is 5.92. The highest BCUT2D eigenvalue weighted by molar-refractivity contribution is 6.13. The van der Waals surface area contributed by atoms with Crippen LogP contribution in [0.2, 0.25) is 0 Å². The third kappa shape index (κ3) is 4.92. The van der Waals surface area contributed by atoms with Gasteiger partial charge in [-0.2, -0.15) is 0 Å². The average molecular weight is 465 g/mol. The van der Waals surface area contributed by atoms with Gasteiger partial charge >= 0.3 is 0 Å². The van der Waals surface area contributed by atoms with Crippen LogP contribution >= 0.6 is 0 Å². The second-order valence-electron chi connectivity index (χ2n) is 10.2. The van der Waals surface area contributed by atoms with Gasteiger partial charge in [-0.15, -0.1) is 0 Å². The van der Waals surface area contributed by atoms with E-state index in [1.807, 2.05) is 12.3 Å². The molecule has 0 amide bonds. The largest absolute Gasteiger partial charge is 0.373 e. The smallest absolute Gasteiger partial charge is 0.200 e. The van der Waals surface area contributed by atoms with E-state index in [1.165, 1.54) is 0 Å². The lowest BCUT2D eigenvalue weighted by molar-refractivity contribution is -0.0754. The second kappa shape index (κ2) is 9.56. The Hall–Kier alpha value is -2.61. The van der Waals surface area contributed by atoms with Crippen LogP contribution in [-0.2, 0) is 20.6 Å². The first-order valence-electron chi connectivity index (χ1n) is 11.7. The molecule has 3 aliphatic rings. The van der Waals surface area contributed by atoms with E-state index in [0.29, 0.717) is 6.42 Å². The lowest BCUT2D eigenvalue weighted by Crippen LogP contribution is -2.26. The maximum absolute atomic E-state index is 5.92. The van der Waals surface area contributed by atoms with Crippen LogP contribution in [0.3, 0.4) is 0 Å². The molecule has 0 radical (unpaired) electrons. The minimum atomic E-state index is -0.459.